The van der Waals surface area contributed by atoms with Gasteiger partial charge in [0.05, 0.1) is 17.2 Å². The molecule has 0 radical (unpaired) electrons. The molecule has 3 nitrogen and oxygen atoms in total. The third-order valence-corrected chi connectivity index (χ3v) is 3.94. The molecule has 0 unspecified atom stereocenters. The molecule has 2 rings (SSSR count). The minimum absolute atomic E-state index is 0.0446. The summed E-state index contributed by atoms with van der Waals surface area (Å²) in [6.07, 6.45) is 1.54. The van der Waals surface area contributed by atoms with E-state index in [9.17, 15) is 4.79 Å². The molecule has 0 N–H and O–H groups in total. The van der Waals surface area contributed by atoms with Crippen molar-refractivity contribution >= 4 is 51.2 Å². The maximum atomic E-state index is 11.9. The van der Waals surface area contributed by atoms with Gasteiger partial charge in [-0.3, -0.25) is 0 Å². The van der Waals surface area contributed by atoms with Gasteiger partial charge < -0.3 is 9.47 Å². The summed E-state index contributed by atoms with van der Waals surface area (Å²) in [4.78, 5) is 11.9. The van der Waals surface area contributed by atoms with E-state index in [1.165, 1.54) is 13.2 Å². The van der Waals surface area contributed by atoms with E-state index in [1.807, 2.05) is 12.1 Å². The van der Waals surface area contributed by atoms with E-state index in [0.29, 0.717) is 21.4 Å². The number of esters is 1. The van der Waals surface area contributed by atoms with Crippen molar-refractivity contribution in [3.8, 4) is 5.75 Å². The van der Waals surface area contributed by atoms with E-state index >= 15 is 0 Å². The monoisotopic (exact) mass is 400 g/mol. The van der Waals surface area contributed by atoms with Crippen LogP contribution in [0.15, 0.2) is 52.7 Å². The Balaban J connectivity index is 2.32. The molecule has 0 aromatic heterocycles. The van der Waals surface area contributed by atoms with E-state index in [-0.39, 0.29) is 5.76 Å². The zero-order valence-corrected chi connectivity index (χ0v) is 14.6. The molecule has 0 amide bonds. The molecule has 2 aromatic rings. The van der Waals surface area contributed by atoms with Crippen LogP contribution < -0.4 is 4.74 Å². The molecular formula is C16H11BrCl2O3. The first-order valence-electron chi connectivity index (χ1n) is 6.18. The van der Waals surface area contributed by atoms with Crippen molar-refractivity contribution in [1.29, 1.82) is 0 Å². The summed E-state index contributed by atoms with van der Waals surface area (Å²) < 4.78 is 11.2. The zero-order valence-electron chi connectivity index (χ0n) is 11.5. The number of hydrogen-bond acceptors (Lipinski definition) is 3. The molecule has 0 aliphatic heterocycles. The number of carbonyl (C=O) groups is 1. The molecule has 0 fully saturated rings. The van der Waals surface area contributed by atoms with E-state index in [4.69, 9.17) is 32.7 Å². The average molecular weight is 402 g/mol. The van der Waals surface area contributed by atoms with Gasteiger partial charge in [0.2, 0.25) is 5.76 Å². The van der Waals surface area contributed by atoms with E-state index in [2.05, 4.69) is 15.9 Å². The summed E-state index contributed by atoms with van der Waals surface area (Å²) in [5, 5.41) is 0.829. The molecule has 0 saturated carbocycles. The fourth-order valence-corrected chi connectivity index (χ4v) is 2.18. The van der Waals surface area contributed by atoms with Gasteiger partial charge in [0.1, 0.15) is 5.75 Å². The highest BCUT2D eigenvalue weighted by atomic mass is 79.9. The van der Waals surface area contributed by atoms with Crippen molar-refractivity contribution < 1.29 is 14.3 Å². The van der Waals surface area contributed by atoms with E-state index in [0.717, 1.165) is 4.47 Å². The Kier molecular flexibility index (Phi) is 5.89. The molecular weight excluding hydrogens is 391 g/mol. The lowest BCUT2D eigenvalue weighted by molar-refractivity contribution is -0.138. The van der Waals surface area contributed by atoms with Gasteiger partial charge in [-0.05, 0) is 48.0 Å². The first-order valence-corrected chi connectivity index (χ1v) is 7.73. The lowest BCUT2D eigenvalue weighted by atomic mass is 10.2. The van der Waals surface area contributed by atoms with Crippen LogP contribution in [0.4, 0.5) is 0 Å². The molecule has 6 heteroatoms. The van der Waals surface area contributed by atoms with Crippen LogP contribution >= 0.6 is 39.1 Å². The van der Waals surface area contributed by atoms with Crippen LogP contribution in [0.5, 0.6) is 5.75 Å². The second-order valence-corrected chi connectivity index (χ2v) is 5.96. The van der Waals surface area contributed by atoms with Gasteiger partial charge in [-0.15, -0.1) is 0 Å². The second kappa shape index (κ2) is 7.68. The predicted octanol–water partition coefficient (Wildman–Crippen LogP) is 5.35. The lowest BCUT2D eigenvalue weighted by Crippen LogP contribution is -2.10. The topological polar surface area (TPSA) is 35.5 Å². The first kappa shape index (κ1) is 16.9. The fourth-order valence-electron chi connectivity index (χ4n) is 1.61. The van der Waals surface area contributed by atoms with Gasteiger partial charge in [0.25, 0.3) is 0 Å². The van der Waals surface area contributed by atoms with Crippen molar-refractivity contribution in [2.75, 3.05) is 7.11 Å². The second-order valence-electron chi connectivity index (χ2n) is 4.23. The Labute approximate surface area is 146 Å². The minimum Gasteiger partial charge on any atom is -0.463 e. The van der Waals surface area contributed by atoms with Crippen LogP contribution in [0.25, 0.3) is 6.08 Å². The normalized spacial score (nSPS) is 11.2. The molecule has 2 aromatic carbocycles. The van der Waals surface area contributed by atoms with Crippen LogP contribution in [0.3, 0.4) is 0 Å². The van der Waals surface area contributed by atoms with Gasteiger partial charge in [-0.2, -0.15) is 0 Å². The van der Waals surface area contributed by atoms with Crippen molar-refractivity contribution in [1.82, 2.24) is 0 Å². The summed E-state index contributed by atoms with van der Waals surface area (Å²) in [5.74, 6) is -0.0305. The Morgan fingerprint density at radius 3 is 2.36 bits per heavy atom. The van der Waals surface area contributed by atoms with Crippen LogP contribution in [-0.2, 0) is 9.53 Å². The zero-order chi connectivity index (χ0) is 16.1. The number of hydrogen-bond donors (Lipinski definition) is 0. The van der Waals surface area contributed by atoms with Crippen molar-refractivity contribution in [3.63, 3.8) is 0 Å². The first-order chi connectivity index (χ1) is 10.5. The molecule has 0 saturated heterocycles. The molecule has 22 heavy (non-hydrogen) atoms. The molecule has 0 atom stereocenters. The SMILES string of the molecule is COC(=O)/C(=C/c1ccc(Cl)c(Cl)c1)Oc1ccc(Br)cc1. The highest BCUT2D eigenvalue weighted by Crippen LogP contribution is 2.25. The average Bonchev–Trinajstić information content (AvgIpc) is 2.51. The smallest absolute Gasteiger partial charge is 0.373 e. The Hall–Kier alpha value is -1.49. The number of rotatable bonds is 4. The van der Waals surface area contributed by atoms with Crippen LogP contribution in [0.2, 0.25) is 10.0 Å². The molecule has 0 spiro atoms. The highest BCUT2D eigenvalue weighted by Gasteiger charge is 2.13. The lowest BCUT2D eigenvalue weighted by Gasteiger charge is -2.09. The van der Waals surface area contributed by atoms with Crippen molar-refractivity contribution in [2.24, 2.45) is 0 Å². The summed E-state index contributed by atoms with van der Waals surface area (Å²) in [7, 11) is 1.29. The van der Waals surface area contributed by atoms with E-state index < -0.39 is 5.97 Å². The minimum atomic E-state index is -0.589. The standard InChI is InChI=1S/C16H11BrCl2O3/c1-21-16(20)15(22-12-5-3-11(17)4-6-12)9-10-2-7-13(18)14(19)8-10/h2-9H,1H3/b15-9-. The highest BCUT2D eigenvalue weighted by molar-refractivity contribution is 9.10. The number of ether oxygens (including phenoxy) is 2. The van der Waals surface area contributed by atoms with Crippen LogP contribution in [0, 0.1) is 0 Å². The molecule has 0 aliphatic rings. The fraction of sp³-hybridized carbons (Fsp3) is 0.0625. The van der Waals surface area contributed by atoms with Gasteiger partial charge in [0.15, 0.2) is 0 Å². The van der Waals surface area contributed by atoms with Crippen molar-refractivity contribution in [3.05, 3.63) is 68.3 Å². The van der Waals surface area contributed by atoms with Crippen molar-refractivity contribution in [2.45, 2.75) is 0 Å². The molecule has 0 heterocycles. The summed E-state index contributed by atoms with van der Waals surface area (Å²) in [5.41, 5.74) is 0.673. The van der Waals surface area contributed by atoms with Gasteiger partial charge in [0, 0.05) is 4.47 Å². The summed E-state index contributed by atoms with van der Waals surface area (Å²) in [6.45, 7) is 0. The Morgan fingerprint density at radius 2 is 1.77 bits per heavy atom. The van der Waals surface area contributed by atoms with Gasteiger partial charge in [-0.25, -0.2) is 4.79 Å². The van der Waals surface area contributed by atoms with Crippen LogP contribution in [-0.4, -0.2) is 13.1 Å². The predicted molar refractivity (Wildman–Crippen MR) is 91.2 cm³/mol. The van der Waals surface area contributed by atoms with Gasteiger partial charge >= 0.3 is 5.97 Å². The van der Waals surface area contributed by atoms with Gasteiger partial charge in [-0.1, -0.05) is 45.2 Å². The number of halogens is 3. The largest absolute Gasteiger partial charge is 0.463 e. The Morgan fingerprint density at radius 1 is 1.09 bits per heavy atom. The number of methoxy groups -OCH3 is 1. The van der Waals surface area contributed by atoms with E-state index in [1.54, 1.807) is 30.3 Å². The van der Waals surface area contributed by atoms with Crippen LogP contribution in [0.1, 0.15) is 5.56 Å². The quantitative estimate of drug-likeness (QED) is 0.393. The third kappa shape index (κ3) is 4.50. The molecule has 114 valence electrons. The summed E-state index contributed by atoms with van der Waals surface area (Å²) >= 11 is 15.2. The molecule has 0 bridgehead atoms. The maximum Gasteiger partial charge on any atom is 0.373 e. The maximum absolute atomic E-state index is 11.9. The number of benzene rings is 2. The third-order valence-electron chi connectivity index (χ3n) is 2.67. The number of carbonyl (C=O) groups excluding carboxylic acids is 1. The summed E-state index contributed by atoms with van der Waals surface area (Å²) in [6, 6.07) is 12.1. The Bertz CT molecular complexity index is 712. The molecule has 0 aliphatic carbocycles.